The Hall–Kier alpha value is -2.62. The Labute approximate surface area is 264 Å². The van der Waals surface area contributed by atoms with Gasteiger partial charge in [0.25, 0.3) is 0 Å². The lowest BCUT2D eigenvalue weighted by Crippen LogP contribution is -2.58. The standard InChI is InChI=1S/C31H48O14/c1-15(2)28(35)36-10-11-37-29-26(42-21(8)33)18(5)23(13-39-29)45-31-27(43-22(9)34)19(6)24(14-40-31)44-30-25(41-20(7)32)17(4)16(3)12-38-30/h16-19,23-27,29-31H,1,10-14H2,2-9H3. The van der Waals surface area contributed by atoms with Crippen LogP contribution in [-0.4, -0.2) is 106 Å². The molecule has 3 aliphatic rings. The summed E-state index contributed by atoms with van der Waals surface area (Å²) in [5.74, 6) is -2.76. The zero-order valence-corrected chi connectivity index (χ0v) is 27.4. The van der Waals surface area contributed by atoms with Gasteiger partial charge >= 0.3 is 23.9 Å². The van der Waals surface area contributed by atoms with E-state index in [-0.39, 0.29) is 43.8 Å². The van der Waals surface area contributed by atoms with Crippen LogP contribution >= 0.6 is 0 Å². The van der Waals surface area contributed by atoms with E-state index in [1.54, 1.807) is 0 Å². The summed E-state index contributed by atoms with van der Waals surface area (Å²) < 4.78 is 58.0. The van der Waals surface area contributed by atoms with E-state index in [9.17, 15) is 19.2 Å². The third-order valence-electron chi connectivity index (χ3n) is 8.27. The molecule has 0 aromatic rings. The minimum atomic E-state index is -0.993. The highest BCUT2D eigenvalue weighted by molar-refractivity contribution is 5.86. The average Bonchev–Trinajstić information content (AvgIpc) is 2.96. The van der Waals surface area contributed by atoms with Crippen molar-refractivity contribution in [1.82, 2.24) is 0 Å². The molecule has 45 heavy (non-hydrogen) atoms. The van der Waals surface area contributed by atoms with Gasteiger partial charge in [0, 0.05) is 44.1 Å². The summed E-state index contributed by atoms with van der Waals surface area (Å²) in [7, 11) is 0. The molecule has 0 radical (unpaired) electrons. The fraction of sp³-hybridized carbons (Fsp3) is 0.806. The predicted molar refractivity (Wildman–Crippen MR) is 154 cm³/mol. The summed E-state index contributed by atoms with van der Waals surface area (Å²) in [5, 5.41) is 0. The molecule has 12 atom stereocenters. The second kappa shape index (κ2) is 16.8. The first-order chi connectivity index (χ1) is 21.2. The van der Waals surface area contributed by atoms with Crippen molar-refractivity contribution < 1.29 is 66.5 Å². The van der Waals surface area contributed by atoms with Crippen molar-refractivity contribution in [3.05, 3.63) is 12.2 Å². The molecule has 0 aromatic carbocycles. The molecule has 3 rings (SSSR count). The van der Waals surface area contributed by atoms with E-state index in [0.717, 1.165) is 0 Å². The largest absolute Gasteiger partial charge is 0.460 e. The Kier molecular flexibility index (Phi) is 13.8. The number of esters is 4. The second-order valence-corrected chi connectivity index (χ2v) is 12.0. The Balaban J connectivity index is 1.67. The zero-order chi connectivity index (χ0) is 33.4. The normalized spacial score (nSPS) is 36.8. The van der Waals surface area contributed by atoms with E-state index < -0.39 is 85.1 Å². The summed E-state index contributed by atoms with van der Waals surface area (Å²) in [5.41, 5.74) is 0.261. The molecule has 0 aliphatic carbocycles. The van der Waals surface area contributed by atoms with E-state index in [2.05, 4.69) is 6.58 Å². The van der Waals surface area contributed by atoms with Crippen molar-refractivity contribution in [3.8, 4) is 0 Å². The molecule has 0 aromatic heterocycles. The third-order valence-corrected chi connectivity index (χ3v) is 8.27. The zero-order valence-electron chi connectivity index (χ0n) is 27.4. The second-order valence-electron chi connectivity index (χ2n) is 12.0. The van der Waals surface area contributed by atoms with Gasteiger partial charge in [0.1, 0.15) is 6.61 Å². The van der Waals surface area contributed by atoms with Crippen LogP contribution in [0.3, 0.4) is 0 Å². The van der Waals surface area contributed by atoms with E-state index in [1.807, 2.05) is 27.7 Å². The van der Waals surface area contributed by atoms with Gasteiger partial charge in [-0.3, -0.25) is 14.4 Å². The molecule has 0 bridgehead atoms. The number of hydrogen-bond acceptors (Lipinski definition) is 14. The Morgan fingerprint density at radius 3 is 1.51 bits per heavy atom. The fourth-order valence-electron chi connectivity index (χ4n) is 5.39. The van der Waals surface area contributed by atoms with Crippen LogP contribution in [0, 0.1) is 23.7 Å². The van der Waals surface area contributed by atoms with Crippen molar-refractivity contribution >= 4 is 23.9 Å². The van der Waals surface area contributed by atoms with Crippen molar-refractivity contribution in [2.75, 3.05) is 33.0 Å². The van der Waals surface area contributed by atoms with Crippen molar-refractivity contribution in [2.45, 2.75) is 105 Å². The Morgan fingerprint density at radius 1 is 0.622 bits per heavy atom. The van der Waals surface area contributed by atoms with Gasteiger partial charge in [-0.1, -0.05) is 34.3 Å². The minimum absolute atomic E-state index is 0.000424. The molecule has 14 heteroatoms. The van der Waals surface area contributed by atoms with Crippen molar-refractivity contribution in [3.63, 3.8) is 0 Å². The Morgan fingerprint density at radius 2 is 1.04 bits per heavy atom. The summed E-state index contributed by atoms with van der Waals surface area (Å²) >= 11 is 0. The lowest BCUT2D eigenvalue weighted by molar-refractivity contribution is -0.335. The summed E-state index contributed by atoms with van der Waals surface area (Å²) in [6, 6.07) is 0. The first-order valence-corrected chi connectivity index (χ1v) is 15.3. The lowest BCUT2D eigenvalue weighted by Gasteiger charge is -2.46. The number of carbonyl (C=O) groups excluding carboxylic acids is 4. The summed E-state index contributed by atoms with van der Waals surface area (Å²) in [6.07, 6.45) is -6.32. The van der Waals surface area contributed by atoms with Gasteiger partial charge < -0.3 is 47.4 Å². The molecule has 12 unspecified atom stereocenters. The molecule has 0 saturated carbocycles. The maximum Gasteiger partial charge on any atom is 0.333 e. The Bertz CT molecular complexity index is 1050. The minimum Gasteiger partial charge on any atom is -0.460 e. The van der Waals surface area contributed by atoms with Gasteiger partial charge in [-0.2, -0.15) is 0 Å². The van der Waals surface area contributed by atoms with Gasteiger partial charge in [0.2, 0.25) is 0 Å². The maximum atomic E-state index is 12.1. The molecule has 256 valence electrons. The fourth-order valence-corrected chi connectivity index (χ4v) is 5.39. The summed E-state index contributed by atoms with van der Waals surface area (Å²) in [6.45, 7) is 17.1. The summed E-state index contributed by atoms with van der Waals surface area (Å²) in [4.78, 5) is 47.5. The highest BCUT2D eigenvalue weighted by Gasteiger charge is 2.49. The van der Waals surface area contributed by atoms with Gasteiger partial charge in [0.15, 0.2) is 37.2 Å². The van der Waals surface area contributed by atoms with Crippen LogP contribution in [0.4, 0.5) is 0 Å². The van der Waals surface area contributed by atoms with Gasteiger partial charge in [-0.25, -0.2) is 4.79 Å². The van der Waals surface area contributed by atoms with Crippen LogP contribution in [0.5, 0.6) is 0 Å². The van der Waals surface area contributed by atoms with E-state index in [0.29, 0.717) is 6.61 Å². The quantitative estimate of drug-likeness (QED) is 0.132. The first-order valence-electron chi connectivity index (χ1n) is 15.3. The highest BCUT2D eigenvalue weighted by atomic mass is 16.8. The van der Waals surface area contributed by atoms with Crippen LogP contribution in [0.1, 0.15) is 55.4 Å². The van der Waals surface area contributed by atoms with Crippen LogP contribution in [0.25, 0.3) is 0 Å². The van der Waals surface area contributed by atoms with Gasteiger partial charge in [-0.15, -0.1) is 0 Å². The predicted octanol–water partition coefficient (Wildman–Crippen LogP) is 2.30. The number of carbonyl (C=O) groups is 4. The van der Waals surface area contributed by atoms with Crippen molar-refractivity contribution in [1.29, 1.82) is 0 Å². The number of rotatable bonds is 12. The SMILES string of the molecule is C=C(C)C(=O)OCCOC1OCC(OC2OCC(OC3OCC(C)C(C)C3OC(C)=O)C(C)C2OC(C)=O)C(C)C1OC(C)=O. The molecule has 3 aliphatic heterocycles. The molecular weight excluding hydrogens is 596 g/mol. The molecule has 14 nitrogen and oxygen atoms in total. The molecule has 3 saturated heterocycles. The van der Waals surface area contributed by atoms with Gasteiger partial charge in [0.05, 0.1) is 38.6 Å². The van der Waals surface area contributed by atoms with Crippen LogP contribution in [0.2, 0.25) is 0 Å². The monoisotopic (exact) mass is 644 g/mol. The molecule has 0 N–H and O–H groups in total. The number of hydrogen-bond donors (Lipinski definition) is 0. The third kappa shape index (κ3) is 10.2. The van der Waals surface area contributed by atoms with E-state index in [4.69, 9.17) is 47.4 Å². The van der Waals surface area contributed by atoms with Gasteiger partial charge in [-0.05, 0) is 12.8 Å². The molecule has 0 spiro atoms. The molecular formula is C31H48O14. The van der Waals surface area contributed by atoms with E-state index >= 15 is 0 Å². The highest BCUT2D eigenvalue weighted by Crippen LogP contribution is 2.35. The lowest BCUT2D eigenvalue weighted by atomic mass is 9.88. The van der Waals surface area contributed by atoms with Crippen molar-refractivity contribution in [2.24, 2.45) is 23.7 Å². The van der Waals surface area contributed by atoms with Crippen LogP contribution in [-0.2, 0) is 66.5 Å². The van der Waals surface area contributed by atoms with Crippen LogP contribution in [0.15, 0.2) is 12.2 Å². The van der Waals surface area contributed by atoms with Crippen LogP contribution < -0.4 is 0 Å². The van der Waals surface area contributed by atoms with E-state index in [1.165, 1.54) is 27.7 Å². The first kappa shape index (κ1) is 36.8. The molecule has 3 fully saturated rings. The molecule has 3 heterocycles. The average molecular weight is 645 g/mol. The smallest absolute Gasteiger partial charge is 0.333 e. The molecule has 0 amide bonds. The maximum absolute atomic E-state index is 12.1. The number of ether oxygens (including phenoxy) is 10. The topological polar surface area (TPSA) is 161 Å².